The predicted octanol–water partition coefficient (Wildman–Crippen LogP) is 4.50. The maximum absolute atomic E-state index is 5.98. The van der Waals surface area contributed by atoms with Gasteiger partial charge in [0.1, 0.15) is 0 Å². The minimum absolute atomic E-state index is 0.177. The lowest BCUT2D eigenvalue weighted by Gasteiger charge is -2.46. The van der Waals surface area contributed by atoms with E-state index in [2.05, 4.69) is 60.3 Å². The Morgan fingerprint density at radius 3 is 2.40 bits per heavy atom. The average molecular weight is 360 g/mol. The van der Waals surface area contributed by atoms with Crippen LogP contribution in [0.15, 0.2) is 22.7 Å². The Hall–Kier alpha value is -0.0900. The van der Waals surface area contributed by atoms with Crippen LogP contribution in [0.1, 0.15) is 46.1 Å². The van der Waals surface area contributed by atoms with Gasteiger partial charge in [0.15, 0.2) is 0 Å². The highest BCUT2D eigenvalue weighted by Crippen LogP contribution is 2.29. The Morgan fingerprint density at radius 1 is 1.25 bits per heavy atom. The molecule has 2 nitrogen and oxygen atoms in total. The van der Waals surface area contributed by atoms with E-state index in [1.165, 1.54) is 5.56 Å². The van der Waals surface area contributed by atoms with Gasteiger partial charge >= 0.3 is 0 Å². The van der Waals surface area contributed by atoms with Crippen molar-refractivity contribution in [3.63, 3.8) is 0 Å². The van der Waals surface area contributed by atoms with Crippen LogP contribution in [0.2, 0.25) is 5.02 Å². The highest BCUT2D eigenvalue weighted by atomic mass is 79.9. The molecule has 2 rings (SSSR count). The van der Waals surface area contributed by atoms with Crippen LogP contribution in [0.25, 0.3) is 0 Å². The first-order valence-electron chi connectivity index (χ1n) is 7.14. The zero-order valence-corrected chi connectivity index (χ0v) is 15.0. The summed E-state index contributed by atoms with van der Waals surface area (Å²) in [6.07, 6.45) is 2.28. The lowest BCUT2D eigenvalue weighted by atomic mass is 9.79. The summed E-state index contributed by atoms with van der Waals surface area (Å²) >= 11 is 9.56. The molecule has 1 aromatic rings. The van der Waals surface area contributed by atoms with Crippen LogP contribution in [-0.4, -0.2) is 17.1 Å². The largest absolute Gasteiger partial charge is 0.310 e. The molecular formula is C16H24BrClN2. The second-order valence-corrected chi connectivity index (χ2v) is 8.41. The van der Waals surface area contributed by atoms with Crippen LogP contribution >= 0.6 is 27.5 Å². The van der Waals surface area contributed by atoms with E-state index in [9.17, 15) is 0 Å². The van der Waals surface area contributed by atoms with Crippen molar-refractivity contribution in [1.82, 2.24) is 10.6 Å². The molecule has 20 heavy (non-hydrogen) atoms. The molecule has 1 aliphatic rings. The van der Waals surface area contributed by atoms with Crippen molar-refractivity contribution < 1.29 is 0 Å². The van der Waals surface area contributed by atoms with Crippen molar-refractivity contribution >= 4 is 27.5 Å². The van der Waals surface area contributed by atoms with Gasteiger partial charge in [0.05, 0.1) is 0 Å². The predicted molar refractivity (Wildman–Crippen MR) is 90.3 cm³/mol. The van der Waals surface area contributed by atoms with E-state index in [4.69, 9.17) is 11.6 Å². The molecular weight excluding hydrogens is 336 g/mol. The fourth-order valence-electron chi connectivity index (χ4n) is 3.39. The number of hydrogen-bond acceptors (Lipinski definition) is 2. The zero-order chi connectivity index (χ0) is 15.0. The molecule has 0 unspecified atom stereocenters. The Kier molecular flexibility index (Phi) is 4.85. The molecule has 1 heterocycles. The first kappa shape index (κ1) is 16.3. The zero-order valence-electron chi connectivity index (χ0n) is 12.7. The third-order valence-electron chi connectivity index (χ3n) is 3.79. The van der Waals surface area contributed by atoms with E-state index >= 15 is 0 Å². The molecule has 4 heteroatoms. The molecule has 1 aliphatic heterocycles. The van der Waals surface area contributed by atoms with Gasteiger partial charge < -0.3 is 10.6 Å². The van der Waals surface area contributed by atoms with Gasteiger partial charge in [0.25, 0.3) is 0 Å². The van der Waals surface area contributed by atoms with Gasteiger partial charge in [-0.05, 0) is 58.2 Å². The maximum Gasteiger partial charge on any atom is 0.0417 e. The monoisotopic (exact) mass is 358 g/mol. The van der Waals surface area contributed by atoms with Crippen molar-refractivity contribution in [2.45, 2.75) is 64.2 Å². The van der Waals surface area contributed by atoms with Crippen LogP contribution in [-0.2, 0) is 6.54 Å². The van der Waals surface area contributed by atoms with Crippen molar-refractivity contribution in [3.05, 3.63) is 33.3 Å². The molecule has 0 bridgehead atoms. The van der Waals surface area contributed by atoms with Crippen molar-refractivity contribution in [2.24, 2.45) is 0 Å². The minimum atomic E-state index is 0.177. The highest BCUT2D eigenvalue weighted by Gasteiger charge is 2.37. The van der Waals surface area contributed by atoms with Gasteiger partial charge in [-0.25, -0.2) is 0 Å². The van der Waals surface area contributed by atoms with Gasteiger partial charge in [-0.2, -0.15) is 0 Å². The first-order chi connectivity index (χ1) is 9.17. The molecule has 0 radical (unpaired) electrons. The normalized spacial score (nSPS) is 21.9. The summed E-state index contributed by atoms with van der Waals surface area (Å²) in [4.78, 5) is 0. The molecule has 0 aromatic heterocycles. The molecule has 0 saturated carbocycles. The molecule has 0 spiro atoms. The van der Waals surface area contributed by atoms with Gasteiger partial charge in [0.2, 0.25) is 0 Å². The lowest BCUT2D eigenvalue weighted by molar-refractivity contribution is 0.145. The van der Waals surface area contributed by atoms with Gasteiger partial charge in [-0.3, -0.25) is 0 Å². The van der Waals surface area contributed by atoms with E-state index in [0.29, 0.717) is 6.04 Å². The summed E-state index contributed by atoms with van der Waals surface area (Å²) in [6, 6.07) is 6.51. The van der Waals surface area contributed by atoms with Gasteiger partial charge in [0, 0.05) is 33.2 Å². The topological polar surface area (TPSA) is 24.1 Å². The highest BCUT2D eigenvalue weighted by molar-refractivity contribution is 9.10. The lowest BCUT2D eigenvalue weighted by Crippen LogP contribution is -2.61. The maximum atomic E-state index is 5.98. The minimum Gasteiger partial charge on any atom is -0.310 e. The van der Waals surface area contributed by atoms with Crippen LogP contribution in [0.4, 0.5) is 0 Å². The molecule has 1 aromatic carbocycles. The van der Waals surface area contributed by atoms with E-state index in [-0.39, 0.29) is 11.1 Å². The summed E-state index contributed by atoms with van der Waals surface area (Å²) in [5.74, 6) is 0. The quantitative estimate of drug-likeness (QED) is 0.830. The van der Waals surface area contributed by atoms with Crippen LogP contribution in [0.3, 0.4) is 0 Å². The molecule has 0 amide bonds. The Labute approximate surface area is 135 Å². The van der Waals surface area contributed by atoms with E-state index in [1.807, 2.05) is 12.1 Å². The summed E-state index contributed by atoms with van der Waals surface area (Å²) in [6.45, 7) is 9.98. The van der Waals surface area contributed by atoms with Crippen molar-refractivity contribution in [2.75, 3.05) is 0 Å². The van der Waals surface area contributed by atoms with Crippen LogP contribution < -0.4 is 10.6 Å². The number of nitrogens with one attached hydrogen (secondary N) is 2. The number of hydrogen-bond donors (Lipinski definition) is 2. The standard InChI is InChI=1S/C16H24BrClN2/c1-15(2)8-13(9-16(3,4)20-15)19-10-11-5-6-12(18)7-14(11)17/h5-7,13,19-20H,8-10H2,1-4H3. The summed E-state index contributed by atoms with van der Waals surface area (Å²) in [5.41, 5.74) is 1.61. The summed E-state index contributed by atoms with van der Waals surface area (Å²) in [7, 11) is 0. The number of halogens is 2. The van der Waals surface area contributed by atoms with Gasteiger partial charge in [-0.15, -0.1) is 0 Å². The van der Waals surface area contributed by atoms with Crippen LogP contribution in [0, 0.1) is 0 Å². The second-order valence-electron chi connectivity index (χ2n) is 7.11. The average Bonchev–Trinajstić information content (AvgIpc) is 2.23. The van der Waals surface area contributed by atoms with Crippen molar-refractivity contribution in [1.29, 1.82) is 0 Å². The fraction of sp³-hybridized carbons (Fsp3) is 0.625. The third kappa shape index (κ3) is 4.45. The molecule has 112 valence electrons. The second kappa shape index (κ2) is 5.96. The molecule has 1 saturated heterocycles. The van der Waals surface area contributed by atoms with E-state index < -0.39 is 0 Å². The number of rotatable bonds is 3. The molecule has 0 aliphatic carbocycles. The summed E-state index contributed by atoms with van der Waals surface area (Å²) < 4.78 is 1.07. The smallest absolute Gasteiger partial charge is 0.0417 e. The Morgan fingerprint density at radius 2 is 1.85 bits per heavy atom. The van der Waals surface area contributed by atoms with Gasteiger partial charge in [-0.1, -0.05) is 33.6 Å². The molecule has 1 fully saturated rings. The summed E-state index contributed by atoms with van der Waals surface area (Å²) in [5, 5.41) is 8.18. The number of piperidine rings is 1. The van der Waals surface area contributed by atoms with Crippen molar-refractivity contribution in [3.8, 4) is 0 Å². The van der Waals surface area contributed by atoms with E-state index in [0.717, 1.165) is 28.9 Å². The molecule has 0 atom stereocenters. The van der Waals surface area contributed by atoms with Crippen LogP contribution in [0.5, 0.6) is 0 Å². The SMILES string of the molecule is CC1(C)CC(NCc2ccc(Cl)cc2Br)CC(C)(C)N1. The fourth-order valence-corrected chi connectivity index (χ4v) is 4.21. The molecule has 2 N–H and O–H groups in total. The Bertz CT molecular complexity index is 469. The third-order valence-corrected chi connectivity index (χ3v) is 4.76. The van der Waals surface area contributed by atoms with E-state index in [1.54, 1.807) is 0 Å². The Balaban J connectivity index is 2.00. The number of benzene rings is 1. The first-order valence-corrected chi connectivity index (χ1v) is 8.31.